The third kappa shape index (κ3) is 3.41. The Balaban J connectivity index is 1.82. The first-order chi connectivity index (χ1) is 8.65. The van der Waals surface area contributed by atoms with Crippen LogP contribution in [0.25, 0.3) is 0 Å². The summed E-state index contributed by atoms with van der Waals surface area (Å²) >= 11 is 1.33. The van der Waals surface area contributed by atoms with Crippen LogP contribution in [0.3, 0.4) is 0 Å². The number of hydrogen-bond donors (Lipinski definition) is 1. The molecule has 2 aromatic heterocycles. The van der Waals surface area contributed by atoms with Crippen LogP contribution in [0.1, 0.15) is 14.5 Å². The quantitative estimate of drug-likeness (QED) is 0.865. The number of carboxylic acid groups (broad SMARTS) is 1. The van der Waals surface area contributed by atoms with Gasteiger partial charge >= 0.3 is 5.97 Å². The van der Waals surface area contributed by atoms with Gasteiger partial charge in [0.15, 0.2) is 0 Å². The van der Waals surface area contributed by atoms with Crippen LogP contribution in [0, 0.1) is 0 Å². The Hall–Kier alpha value is -1.66. The highest BCUT2D eigenvalue weighted by molar-refractivity contribution is 7.13. The summed E-state index contributed by atoms with van der Waals surface area (Å²) in [6, 6.07) is 5.43. The molecular formula is C12H15N3O2S. The fraction of sp³-hybridized carbons (Fsp3) is 0.333. The van der Waals surface area contributed by atoms with Crippen molar-refractivity contribution in [2.45, 2.75) is 13.1 Å². The molecule has 0 radical (unpaired) electrons. The molecule has 0 saturated heterocycles. The molecule has 0 saturated carbocycles. The second-order valence-electron chi connectivity index (χ2n) is 4.08. The minimum Gasteiger partial charge on any atom is -0.477 e. The van der Waals surface area contributed by atoms with Crippen LogP contribution in [-0.2, 0) is 13.1 Å². The van der Waals surface area contributed by atoms with Crippen molar-refractivity contribution in [1.29, 1.82) is 0 Å². The van der Waals surface area contributed by atoms with E-state index in [1.54, 1.807) is 12.3 Å². The van der Waals surface area contributed by atoms with Crippen LogP contribution < -0.4 is 0 Å². The molecule has 0 amide bonds. The molecule has 0 aliphatic rings. The van der Waals surface area contributed by atoms with Crippen LogP contribution >= 0.6 is 11.3 Å². The lowest BCUT2D eigenvalue weighted by molar-refractivity contribution is 0.0702. The monoisotopic (exact) mass is 265 g/mol. The molecule has 1 N–H and O–H groups in total. The van der Waals surface area contributed by atoms with Gasteiger partial charge in [0, 0.05) is 30.4 Å². The molecule has 0 aliphatic heterocycles. The summed E-state index contributed by atoms with van der Waals surface area (Å²) in [5.41, 5.74) is 0. The zero-order valence-corrected chi connectivity index (χ0v) is 10.9. The molecule has 0 aromatic carbocycles. The van der Waals surface area contributed by atoms with E-state index in [0.717, 1.165) is 24.5 Å². The Labute approximate surface area is 109 Å². The highest BCUT2D eigenvalue weighted by Crippen LogP contribution is 2.17. The number of aromatic carboxylic acids is 1. The van der Waals surface area contributed by atoms with Crippen LogP contribution in [0.4, 0.5) is 0 Å². The zero-order chi connectivity index (χ0) is 13.0. The van der Waals surface area contributed by atoms with E-state index in [1.807, 2.05) is 30.1 Å². The van der Waals surface area contributed by atoms with Crippen LogP contribution in [-0.4, -0.2) is 39.3 Å². The average Bonchev–Trinajstić information content (AvgIpc) is 2.96. The van der Waals surface area contributed by atoms with E-state index in [4.69, 9.17) is 5.11 Å². The highest BCUT2D eigenvalue weighted by atomic mass is 32.1. The number of rotatable bonds is 6. The van der Waals surface area contributed by atoms with E-state index < -0.39 is 5.97 Å². The smallest absolute Gasteiger partial charge is 0.345 e. The van der Waals surface area contributed by atoms with E-state index >= 15 is 0 Å². The summed E-state index contributed by atoms with van der Waals surface area (Å²) in [6.07, 6.45) is 3.69. The summed E-state index contributed by atoms with van der Waals surface area (Å²) in [5, 5.41) is 13.0. The Morgan fingerprint density at radius 1 is 1.56 bits per heavy atom. The Kier molecular flexibility index (Phi) is 4.11. The van der Waals surface area contributed by atoms with Crippen molar-refractivity contribution in [3.8, 4) is 0 Å². The zero-order valence-electron chi connectivity index (χ0n) is 10.1. The van der Waals surface area contributed by atoms with E-state index in [0.29, 0.717) is 4.88 Å². The van der Waals surface area contributed by atoms with Crippen molar-refractivity contribution in [2.24, 2.45) is 0 Å². The summed E-state index contributed by atoms with van der Waals surface area (Å²) in [5.74, 6) is -0.856. The lowest BCUT2D eigenvalue weighted by Crippen LogP contribution is -2.22. The van der Waals surface area contributed by atoms with Gasteiger partial charge in [-0.25, -0.2) is 4.79 Å². The number of nitrogens with zero attached hydrogens (tertiary/aromatic N) is 3. The van der Waals surface area contributed by atoms with E-state index in [2.05, 4.69) is 10.00 Å². The van der Waals surface area contributed by atoms with Crippen molar-refractivity contribution in [3.05, 3.63) is 40.3 Å². The van der Waals surface area contributed by atoms with Gasteiger partial charge in [0.25, 0.3) is 0 Å². The molecule has 2 aromatic rings. The number of hydrogen-bond acceptors (Lipinski definition) is 4. The fourth-order valence-electron chi connectivity index (χ4n) is 1.63. The van der Waals surface area contributed by atoms with E-state index in [9.17, 15) is 4.79 Å². The summed E-state index contributed by atoms with van der Waals surface area (Å²) in [4.78, 5) is 14.4. The number of aromatic nitrogens is 2. The van der Waals surface area contributed by atoms with Crippen LogP contribution in [0.2, 0.25) is 0 Å². The standard InChI is InChI=1S/C12H15N3O2S/c1-14(7-8-15-6-2-5-13-15)9-10-3-4-11(18-10)12(16)17/h2-6H,7-9H2,1H3,(H,16,17). The Morgan fingerprint density at radius 2 is 2.39 bits per heavy atom. The number of likely N-dealkylation sites (N-methyl/N-ethyl adjacent to an activating group) is 1. The van der Waals surface area contributed by atoms with Gasteiger partial charge in [-0.15, -0.1) is 11.3 Å². The molecule has 0 aliphatic carbocycles. The molecule has 0 unspecified atom stereocenters. The van der Waals surface area contributed by atoms with Gasteiger partial charge in [0.1, 0.15) is 4.88 Å². The predicted molar refractivity (Wildman–Crippen MR) is 69.8 cm³/mol. The second-order valence-corrected chi connectivity index (χ2v) is 5.25. The molecule has 0 fully saturated rings. The number of carboxylic acids is 1. The fourth-order valence-corrected chi connectivity index (χ4v) is 2.56. The molecule has 2 rings (SSSR count). The maximum absolute atomic E-state index is 10.8. The molecule has 5 nitrogen and oxygen atoms in total. The first-order valence-corrected chi connectivity index (χ1v) is 6.45. The molecular weight excluding hydrogens is 250 g/mol. The minimum atomic E-state index is -0.856. The molecule has 6 heteroatoms. The molecule has 18 heavy (non-hydrogen) atoms. The molecule has 0 spiro atoms. The van der Waals surface area contributed by atoms with Gasteiger partial charge < -0.3 is 5.11 Å². The van der Waals surface area contributed by atoms with Crippen molar-refractivity contribution in [3.63, 3.8) is 0 Å². The van der Waals surface area contributed by atoms with Gasteiger partial charge in [-0.05, 0) is 25.2 Å². The van der Waals surface area contributed by atoms with Crippen molar-refractivity contribution in [1.82, 2.24) is 14.7 Å². The largest absolute Gasteiger partial charge is 0.477 e. The average molecular weight is 265 g/mol. The van der Waals surface area contributed by atoms with Gasteiger partial charge in [-0.1, -0.05) is 0 Å². The van der Waals surface area contributed by atoms with Crippen LogP contribution in [0.5, 0.6) is 0 Å². The number of carbonyl (C=O) groups is 1. The highest BCUT2D eigenvalue weighted by Gasteiger charge is 2.08. The molecule has 0 atom stereocenters. The minimum absolute atomic E-state index is 0.394. The number of thiophene rings is 1. The van der Waals surface area contributed by atoms with Crippen molar-refractivity contribution < 1.29 is 9.90 Å². The topological polar surface area (TPSA) is 58.4 Å². The van der Waals surface area contributed by atoms with Gasteiger partial charge in [0.2, 0.25) is 0 Å². The maximum Gasteiger partial charge on any atom is 0.345 e. The third-order valence-electron chi connectivity index (χ3n) is 2.57. The van der Waals surface area contributed by atoms with Gasteiger partial charge in [0.05, 0.1) is 6.54 Å². The van der Waals surface area contributed by atoms with Crippen LogP contribution in [0.15, 0.2) is 30.6 Å². The molecule has 2 heterocycles. The van der Waals surface area contributed by atoms with Gasteiger partial charge in [-0.3, -0.25) is 9.58 Å². The molecule has 96 valence electrons. The normalized spacial score (nSPS) is 11.0. The summed E-state index contributed by atoms with van der Waals surface area (Å²) in [7, 11) is 2.02. The summed E-state index contributed by atoms with van der Waals surface area (Å²) in [6.45, 7) is 2.47. The van der Waals surface area contributed by atoms with Gasteiger partial charge in [-0.2, -0.15) is 5.10 Å². The lowest BCUT2D eigenvalue weighted by atomic mass is 10.4. The maximum atomic E-state index is 10.8. The molecule has 0 bridgehead atoms. The lowest BCUT2D eigenvalue weighted by Gasteiger charge is -2.15. The van der Waals surface area contributed by atoms with E-state index in [-0.39, 0.29) is 0 Å². The predicted octanol–water partition coefficient (Wildman–Crippen LogP) is 1.77. The SMILES string of the molecule is CN(CCn1cccn1)Cc1ccc(C(=O)O)s1. The van der Waals surface area contributed by atoms with Crippen molar-refractivity contribution in [2.75, 3.05) is 13.6 Å². The third-order valence-corrected chi connectivity index (χ3v) is 3.63. The Bertz CT molecular complexity index is 507. The first-order valence-electron chi connectivity index (χ1n) is 5.63. The first kappa shape index (κ1) is 12.8. The van der Waals surface area contributed by atoms with E-state index in [1.165, 1.54) is 11.3 Å². The Morgan fingerprint density at radius 3 is 3.00 bits per heavy atom. The second kappa shape index (κ2) is 5.79. The summed E-state index contributed by atoms with van der Waals surface area (Å²) < 4.78 is 1.88. The van der Waals surface area contributed by atoms with Crippen molar-refractivity contribution >= 4 is 17.3 Å².